The van der Waals surface area contributed by atoms with Gasteiger partial charge in [-0.25, -0.2) is 0 Å². The van der Waals surface area contributed by atoms with Crippen LogP contribution in [0.2, 0.25) is 0 Å². The minimum atomic E-state index is -4.41. The van der Waals surface area contributed by atoms with Crippen LogP contribution in [0, 0.1) is 13.8 Å². The number of halogens is 3. The lowest BCUT2D eigenvalue weighted by molar-refractivity contribution is -0.137. The van der Waals surface area contributed by atoms with Gasteiger partial charge in [0.15, 0.2) is 5.16 Å². The quantitative estimate of drug-likeness (QED) is 0.589. The van der Waals surface area contributed by atoms with Crippen LogP contribution in [-0.2, 0) is 11.0 Å². The van der Waals surface area contributed by atoms with Crippen molar-refractivity contribution in [2.75, 3.05) is 5.32 Å². The van der Waals surface area contributed by atoms with E-state index in [0.717, 1.165) is 23.4 Å². The molecule has 1 atom stereocenters. The second-order valence-corrected chi connectivity index (χ2v) is 7.78. The molecule has 1 unspecified atom stereocenters. The molecule has 9 heteroatoms. The standard InChI is InChI=1S/C20H19F3N4OS/c1-12-6-4-5-7-17(12)27-14(3)25-26-19(27)29-13(2)18(28)24-16-10-8-15(9-11-16)20(21,22)23/h4-11,13H,1-3H3,(H,24,28). The molecule has 0 aliphatic rings. The van der Waals surface area contributed by atoms with Crippen molar-refractivity contribution >= 4 is 23.4 Å². The Kier molecular flexibility index (Phi) is 5.97. The molecule has 1 amide bonds. The number of amides is 1. The third-order valence-electron chi connectivity index (χ3n) is 4.28. The SMILES string of the molecule is Cc1ccccc1-n1c(C)nnc1SC(C)C(=O)Nc1ccc(C(F)(F)F)cc1. The lowest BCUT2D eigenvalue weighted by Crippen LogP contribution is -2.23. The number of nitrogens with one attached hydrogen (secondary N) is 1. The highest BCUT2D eigenvalue weighted by Crippen LogP contribution is 2.30. The van der Waals surface area contributed by atoms with E-state index in [2.05, 4.69) is 15.5 Å². The van der Waals surface area contributed by atoms with Gasteiger partial charge in [0, 0.05) is 5.69 Å². The maximum absolute atomic E-state index is 12.7. The number of carbonyl (C=O) groups excluding carboxylic acids is 1. The Labute approximate surface area is 170 Å². The van der Waals surface area contributed by atoms with Crippen LogP contribution in [0.25, 0.3) is 5.69 Å². The average Bonchev–Trinajstić information content (AvgIpc) is 3.02. The Hall–Kier alpha value is -2.81. The van der Waals surface area contributed by atoms with Crippen molar-refractivity contribution in [3.05, 3.63) is 65.5 Å². The van der Waals surface area contributed by atoms with E-state index >= 15 is 0 Å². The lowest BCUT2D eigenvalue weighted by atomic mass is 10.2. The molecule has 3 aromatic rings. The number of aromatic nitrogens is 3. The molecule has 3 rings (SSSR count). The zero-order valence-corrected chi connectivity index (χ0v) is 16.8. The van der Waals surface area contributed by atoms with Gasteiger partial charge in [-0.3, -0.25) is 9.36 Å². The zero-order valence-electron chi connectivity index (χ0n) is 16.0. The summed E-state index contributed by atoms with van der Waals surface area (Å²) in [6, 6.07) is 12.1. The molecule has 0 aliphatic carbocycles. The molecule has 1 N–H and O–H groups in total. The molecular formula is C20H19F3N4OS. The predicted octanol–water partition coefficient (Wildman–Crippen LogP) is 5.02. The Morgan fingerprint density at radius 2 is 1.72 bits per heavy atom. The molecule has 1 aromatic heterocycles. The molecule has 0 spiro atoms. The number of anilines is 1. The summed E-state index contributed by atoms with van der Waals surface area (Å²) in [7, 11) is 0. The summed E-state index contributed by atoms with van der Waals surface area (Å²) in [5, 5.41) is 10.9. The molecule has 5 nitrogen and oxygen atoms in total. The minimum absolute atomic E-state index is 0.298. The summed E-state index contributed by atoms with van der Waals surface area (Å²) >= 11 is 1.23. The number of nitrogens with zero attached hydrogens (tertiary/aromatic N) is 3. The number of para-hydroxylation sites is 1. The normalized spacial score (nSPS) is 12.6. The Bertz CT molecular complexity index is 1020. The molecule has 29 heavy (non-hydrogen) atoms. The van der Waals surface area contributed by atoms with Crippen molar-refractivity contribution < 1.29 is 18.0 Å². The van der Waals surface area contributed by atoms with E-state index in [1.165, 1.54) is 23.9 Å². The van der Waals surface area contributed by atoms with Crippen LogP contribution in [0.4, 0.5) is 18.9 Å². The second-order valence-electron chi connectivity index (χ2n) is 6.48. The Morgan fingerprint density at radius 1 is 1.07 bits per heavy atom. The highest BCUT2D eigenvalue weighted by atomic mass is 32.2. The van der Waals surface area contributed by atoms with Crippen LogP contribution in [0.3, 0.4) is 0 Å². The Morgan fingerprint density at radius 3 is 2.34 bits per heavy atom. The van der Waals surface area contributed by atoms with Gasteiger partial charge in [0.1, 0.15) is 5.82 Å². The number of thioether (sulfide) groups is 1. The van der Waals surface area contributed by atoms with Crippen LogP contribution < -0.4 is 5.32 Å². The molecule has 2 aromatic carbocycles. The molecule has 152 valence electrons. The average molecular weight is 420 g/mol. The Balaban J connectivity index is 1.73. The number of alkyl halides is 3. The molecule has 0 aliphatic heterocycles. The summed E-state index contributed by atoms with van der Waals surface area (Å²) in [6.45, 7) is 5.51. The third-order valence-corrected chi connectivity index (χ3v) is 5.33. The predicted molar refractivity (Wildman–Crippen MR) is 106 cm³/mol. The molecule has 1 heterocycles. The summed E-state index contributed by atoms with van der Waals surface area (Å²) < 4.78 is 39.8. The third kappa shape index (κ3) is 4.79. The number of hydrogen-bond donors (Lipinski definition) is 1. The number of rotatable bonds is 5. The van der Waals surface area contributed by atoms with Gasteiger partial charge in [-0.05, 0) is 56.7 Å². The van der Waals surface area contributed by atoms with Crippen molar-refractivity contribution in [2.24, 2.45) is 0 Å². The number of hydrogen-bond acceptors (Lipinski definition) is 4. The first kappa shape index (κ1) is 20.9. The molecular weight excluding hydrogens is 401 g/mol. The smallest absolute Gasteiger partial charge is 0.325 e. The van der Waals surface area contributed by atoms with E-state index in [1.807, 2.05) is 42.7 Å². The van der Waals surface area contributed by atoms with Crippen molar-refractivity contribution in [3.8, 4) is 5.69 Å². The monoisotopic (exact) mass is 420 g/mol. The van der Waals surface area contributed by atoms with E-state index in [1.54, 1.807) is 6.92 Å². The fourth-order valence-electron chi connectivity index (χ4n) is 2.71. The lowest BCUT2D eigenvalue weighted by Gasteiger charge is -2.15. The first-order valence-electron chi connectivity index (χ1n) is 8.79. The minimum Gasteiger partial charge on any atom is -0.325 e. The maximum atomic E-state index is 12.7. The number of aryl methyl sites for hydroxylation is 2. The maximum Gasteiger partial charge on any atom is 0.416 e. The first-order chi connectivity index (χ1) is 13.7. The van der Waals surface area contributed by atoms with Gasteiger partial charge >= 0.3 is 6.18 Å². The van der Waals surface area contributed by atoms with Gasteiger partial charge in [-0.1, -0.05) is 30.0 Å². The van der Waals surface area contributed by atoms with Gasteiger partial charge in [-0.15, -0.1) is 10.2 Å². The van der Waals surface area contributed by atoms with Crippen LogP contribution in [0.15, 0.2) is 53.7 Å². The van der Waals surface area contributed by atoms with Crippen LogP contribution in [0.1, 0.15) is 23.9 Å². The van der Waals surface area contributed by atoms with Crippen LogP contribution >= 0.6 is 11.8 Å². The van der Waals surface area contributed by atoms with Gasteiger partial charge in [0.25, 0.3) is 0 Å². The van der Waals surface area contributed by atoms with Crippen LogP contribution in [-0.4, -0.2) is 25.9 Å². The summed E-state index contributed by atoms with van der Waals surface area (Å²) in [5.41, 5.74) is 1.50. The van der Waals surface area contributed by atoms with Gasteiger partial charge in [-0.2, -0.15) is 13.2 Å². The van der Waals surface area contributed by atoms with Crippen molar-refractivity contribution in [1.82, 2.24) is 14.8 Å². The van der Waals surface area contributed by atoms with E-state index in [4.69, 9.17) is 0 Å². The van der Waals surface area contributed by atoms with Crippen molar-refractivity contribution in [2.45, 2.75) is 37.4 Å². The van der Waals surface area contributed by atoms with E-state index in [-0.39, 0.29) is 5.91 Å². The molecule has 0 fully saturated rings. The van der Waals surface area contributed by atoms with E-state index in [9.17, 15) is 18.0 Å². The highest BCUT2D eigenvalue weighted by Gasteiger charge is 2.30. The summed E-state index contributed by atoms with van der Waals surface area (Å²) in [5.74, 6) is 0.351. The van der Waals surface area contributed by atoms with Gasteiger partial charge < -0.3 is 5.32 Å². The number of benzene rings is 2. The molecule has 0 saturated carbocycles. The van der Waals surface area contributed by atoms with E-state index < -0.39 is 17.0 Å². The van der Waals surface area contributed by atoms with Crippen molar-refractivity contribution in [1.29, 1.82) is 0 Å². The van der Waals surface area contributed by atoms with E-state index in [0.29, 0.717) is 16.7 Å². The summed E-state index contributed by atoms with van der Waals surface area (Å²) in [4.78, 5) is 12.5. The molecule has 0 bridgehead atoms. The first-order valence-corrected chi connectivity index (χ1v) is 9.67. The fourth-order valence-corrected chi connectivity index (χ4v) is 3.62. The van der Waals surface area contributed by atoms with Gasteiger partial charge in [0.2, 0.25) is 5.91 Å². The highest BCUT2D eigenvalue weighted by molar-refractivity contribution is 8.00. The topological polar surface area (TPSA) is 59.8 Å². The summed E-state index contributed by atoms with van der Waals surface area (Å²) in [6.07, 6.45) is -4.41. The molecule has 0 saturated heterocycles. The van der Waals surface area contributed by atoms with Crippen molar-refractivity contribution in [3.63, 3.8) is 0 Å². The zero-order chi connectivity index (χ0) is 21.2. The number of carbonyl (C=O) groups is 1. The molecule has 0 radical (unpaired) electrons. The largest absolute Gasteiger partial charge is 0.416 e. The van der Waals surface area contributed by atoms with Gasteiger partial charge in [0.05, 0.1) is 16.5 Å². The fraction of sp³-hybridized carbons (Fsp3) is 0.250. The van der Waals surface area contributed by atoms with Crippen LogP contribution in [0.5, 0.6) is 0 Å². The second kappa shape index (κ2) is 8.28.